The molecule has 2 fully saturated rings. The lowest BCUT2D eigenvalue weighted by molar-refractivity contribution is 0.146. The molecule has 2 aliphatic carbocycles. The van der Waals surface area contributed by atoms with Gasteiger partial charge in [0.05, 0.1) is 6.07 Å². The first-order valence-electron chi connectivity index (χ1n) is 9.12. The summed E-state index contributed by atoms with van der Waals surface area (Å²) in [7, 11) is 0. The van der Waals surface area contributed by atoms with Crippen LogP contribution in [0.2, 0.25) is 0 Å². The molecule has 0 amide bonds. The van der Waals surface area contributed by atoms with Crippen molar-refractivity contribution in [2.45, 2.75) is 84.5 Å². The van der Waals surface area contributed by atoms with Crippen molar-refractivity contribution >= 4 is 0 Å². The summed E-state index contributed by atoms with van der Waals surface area (Å²) in [6.07, 6.45) is 15.2. The van der Waals surface area contributed by atoms with E-state index in [1.54, 1.807) is 0 Å². The van der Waals surface area contributed by atoms with Gasteiger partial charge < -0.3 is 0 Å². The van der Waals surface area contributed by atoms with Crippen molar-refractivity contribution < 1.29 is 0 Å². The summed E-state index contributed by atoms with van der Waals surface area (Å²) in [5, 5.41) is 9.00. The van der Waals surface area contributed by atoms with E-state index in [2.05, 4.69) is 19.9 Å². The Morgan fingerprint density at radius 2 is 1.50 bits per heavy atom. The van der Waals surface area contributed by atoms with E-state index in [1.807, 2.05) is 0 Å². The van der Waals surface area contributed by atoms with Gasteiger partial charge in [-0.1, -0.05) is 39.5 Å². The molecule has 2 rings (SSSR count). The number of hydrogen-bond acceptors (Lipinski definition) is 1. The van der Waals surface area contributed by atoms with E-state index in [0.717, 1.165) is 23.7 Å². The van der Waals surface area contributed by atoms with E-state index in [-0.39, 0.29) is 0 Å². The lowest BCUT2D eigenvalue weighted by atomic mass is 9.68. The van der Waals surface area contributed by atoms with Crippen LogP contribution in [0, 0.1) is 40.9 Å². The fourth-order valence-corrected chi connectivity index (χ4v) is 4.79. The van der Waals surface area contributed by atoms with Gasteiger partial charge in [0.1, 0.15) is 0 Å². The molecule has 0 N–H and O–H groups in total. The summed E-state index contributed by atoms with van der Waals surface area (Å²) in [5.41, 5.74) is 0. The van der Waals surface area contributed by atoms with Gasteiger partial charge >= 0.3 is 0 Å². The van der Waals surface area contributed by atoms with Gasteiger partial charge in [-0.15, -0.1) is 0 Å². The van der Waals surface area contributed by atoms with Gasteiger partial charge in [0.15, 0.2) is 0 Å². The third-order valence-corrected chi connectivity index (χ3v) is 6.03. The Morgan fingerprint density at radius 3 is 2.00 bits per heavy atom. The molecule has 1 heteroatoms. The molecule has 0 aromatic heterocycles. The van der Waals surface area contributed by atoms with Crippen molar-refractivity contribution in [3.63, 3.8) is 0 Å². The van der Waals surface area contributed by atoms with Crippen LogP contribution in [0.1, 0.15) is 84.5 Å². The summed E-state index contributed by atoms with van der Waals surface area (Å²) in [4.78, 5) is 0. The Morgan fingerprint density at radius 1 is 0.950 bits per heavy atom. The monoisotopic (exact) mass is 275 g/mol. The van der Waals surface area contributed by atoms with E-state index in [0.29, 0.717) is 5.92 Å². The Hall–Kier alpha value is -0.510. The zero-order chi connectivity index (χ0) is 14.4. The van der Waals surface area contributed by atoms with Crippen LogP contribution in [0.15, 0.2) is 0 Å². The average molecular weight is 275 g/mol. The third-order valence-electron chi connectivity index (χ3n) is 6.03. The third kappa shape index (κ3) is 4.51. The Kier molecular flexibility index (Phi) is 6.40. The second kappa shape index (κ2) is 8.06. The van der Waals surface area contributed by atoms with Crippen molar-refractivity contribution in [2.75, 3.05) is 0 Å². The van der Waals surface area contributed by atoms with Crippen molar-refractivity contribution in [1.29, 1.82) is 5.26 Å². The van der Waals surface area contributed by atoms with Gasteiger partial charge in [0, 0.05) is 5.92 Å². The van der Waals surface area contributed by atoms with Crippen LogP contribution >= 0.6 is 0 Å². The van der Waals surface area contributed by atoms with Gasteiger partial charge in [-0.3, -0.25) is 0 Å². The highest BCUT2D eigenvalue weighted by molar-refractivity contribution is 4.89. The largest absolute Gasteiger partial charge is 0.198 e. The molecule has 0 spiro atoms. The molecule has 0 aliphatic heterocycles. The Bertz CT molecular complexity index is 300. The highest BCUT2D eigenvalue weighted by Crippen LogP contribution is 2.42. The minimum Gasteiger partial charge on any atom is -0.198 e. The number of rotatable bonds is 5. The van der Waals surface area contributed by atoms with Crippen LogP contribution in [0.3, 0.4) is 0 Å². The zero-order valence-corrected chi connectivity index (χ0v) is 13.6. The van der Waals surface area contributed by atoms with E-state index < -0.39 is 0 Å². The molecule has 2 saturated carbocycles. The van der Waals surface area contributed by atoms with Crippen molar-refractivity contribution in [3.8, 4) is 6.07 Å². The predicted octanol–water partition coefficient (Wildman–Crippen LogP) is 5.95. The van der Waals surface area contributed by atoms with Crippen molar-refractivity contribution in [1.82, 2.24) is 0 Å². The molecule has 2 aliphatic rings. The van der Waals surface area contributed by atoms with Crippen LogP contribution in [0.5, 0.6) is 0 Å². The minimum atomic E-state index is 0.373. The van der Waals surface area contributed by atoms with Gasteiger partial charge in [-0.2, -0.15) is 5.26 Å². The molecule has 0 heterocycles. The SMILES string of the molecule is CCCC(C)CC1CCC(C2CCC(C#N)CC2)CC1. The molecular formula is C19H33N. The summed E-state index contributed by atoms with van der Waals surface area (Å²) in [6.45, 7) is 4.75. The fourth-order valence-electron chi connectivity index (χ4n) is 4.79. The van der Waals surface area contributed by atoms with Gasteiger partial charge in [-0.25, -0.2) is 0 Å². The highest BCUT2D eigenvalue weighted by Gasteiger charge is 2.31. The van der Waals surface area contributed by atoms with E-state index >= 15 is 0 Å². The van der Waals surface area contributed by atoms with Crippen LogP contribution in [-0.4, -0.2) is 0 Å². The molecule has 0 saturated heterocycles. The smallest absolute Gasteiger partial charge is 0.0655 e. The van der Waals surface area contributed by atoms with E-state index in [1.165, 1.54) is 70.6 Å². The van der Waals surface area contributed by atoms with E-state index in [4.69, 9.17) is 5.26 Å². The van der Waals surface area contributed by atoms with E-state index in [9.17, 15) is 0 Å². The number of nitriles is 1. The second-order valence-corrected chi connectivity index (χ2v) is 7.65. The van der Waals surface area contributed by atoms with Crippen LogP contribution < -0.4 is 0 Å². The summed E-state index contributed by atoms with van der Waals surface area (Å²) in [5.74, 6) is 4.27. The number of nitrogens with zero attached hydrogens (tertiary/aromatic N) is 1. The predicted molar refractivity (Wildman–Crippen MR) is 85.2 cm³/mol. The molecule has 114 valence electrons. The summed E-state index contributed by atoms with van der Waals surface area (Å²) < 4.78 is 0. The molecule has 0 aromatic carbocycles. The van der Waals surface area contributed by atoms with Crippen molar-refractivity contribution in [3.05, 3.63) is 0 Å². The topological polar surface area (TPSA) is 23.8 Å². The lowest BCUT2D eigenvalue weighted by Crippen LogP contribution is -2.26. The Balaban J connectivity index is 1.68. The standard InChI is InChI=1S/C19H33N/c1-3-4-15(2)13-16-5-9-18(10-6-16)19-11-7-17(14-20)8-12-19/h15-19H,3-13H2,1-2H3. The first-order chi connectivity index (χ1) is 9.72. The molecule has 20 heavy (non-hydrogen) atoms. The molecule has 0 bridgehead atoms. The maximum atomic E-state index is 9.00. The molecule has 0 aromatic rings. The molecule has 0 radical (unpaired) electrons. The summed E-state index contributed by atoms with van der Waals surface area (Å²) in [6, 6.07) is 2.47. The maximum absolute atomic E-state index is 9.00. The minimum absolute atomic E-state index is 0.373. The first-order valence-corrected chi connectivity index (χ1v) is 9.12. The fraction of sp³-hybridized carbons (Fsp3) is 0.947. The van der Waals surface area contributed by atoms with Gasteiger partial charge in [0.2, 0.25) is 0 Å². The van der Waals surface area contributed by atoms with Crippen LogP contribution in [0.25, 0.3) is 0 Å². The molecule has 1 nitrogen and oxygen atoms in total. The highest BCUT2D eigenvalue weighted by atomic mass is 14.4. The second-order valence-electron chi connectivity index (χ2n) is 7.65. The maximum Gasteiger partial charge on any atom is 0.0655 e. The lowest BCUT2D eigenvalue weighted by Gasteiger charge is -2.37. The Labute approximate surface area is 126 Å². The summed E-state index contributed by atoms with van der Waals surface area (Å²) >= 11 is 0. The normalized spacial score (nSPS) is 36.2. The number of hydrogen-bond donors (Lipinski definition) is 0. The van der Waals surface area contributed by atoms with Gasteiger partial charge in [0.25, 0.3) is 0 Å². The quantitative estimate of drug-likeness (QED) is 0.608. The van der Waals surface area contributed by atoms with Crippen molar-refractivity contribution in [2.24, 2.45) is 29.6 Å². The van der Waals surface area contributed by atoms with Gasteiger partial charge in [-0.05, 0) is 68.6 Å². The zero-order valence-electron chi connectivity index (χ0n) is 13.6. The molecule has 1 atom stereocenters. The molecular weight excluding hydrogens is 242 g/mol. The molecule has 1 unspecified atom stereocenters. The average Bonchev–Trinajstić information content (AvgIpc) is 2.48. The first kappa shape index (κ1) is 15.9. The van der Waals surface area contributed by atoms with Crippen LogP contribution in [-0.2, 0) is 0 Å². The van der Waals surface area contributed by atoms with Crippen LogP contribution in [0.4, 0.5) is 0 Å².